The van der Waals surface area contributed by atoms with Crippen LogP contribution < -0.4 is 10.6 Å². The standard InChI is InChI=1S/C9H20N2O4/c1-15-5-4-11-9(14)2-3-10-6-8(13)7-12/h8,10,12-13H,2-7H2,1H3,(H,11,14)/t8-/m0/s1. The van der Waals surface area contributed by atoms with Gasteiger partial charge in [0.1, 0.15) is 0 Å². The molecule has 0 aromatic heterocycles. The maximum Gasteiger partial charge on any atom is 0.221 e. The van der Waals surface area contributed by atoms with Gasteiger partial charge in [0.25, 0.3) is 0 Å². The van der Waals surface area contributed by atoms with Crippen LogP contribution in [0.5, 0.6) is 0 Å². The molecule has 90 valence electrons. The highest BCUT2D eigenvalue weighted by atomic mass is 16.5. The molecule has 15 heavy (non-hydrogen) atoms. The summed E-state index contributed by atoms with van der Waals surface area (Å²) in [6.07, 6.45) is -0.413. The first kappa shape index (κ1) is 14.3. The molecule has 4 N–H and O–H groups in total. The number of methoxy groups -OCH3 is 1. The summed E-state index contributed by atoms with van der Waals surface area (Å²) in [5.74, 6) is -0.0574. The number of carbonyl (C=O) groups is 1. The van der Waals surface area contributed by atoms with Crippen LogP contribution in [0.15, 0.2) is 0 Å². The lowest BCUT2D eigenvalue weighted by Crippen LogP contribution is -2.33. The maximum atomic E-state index is 11.1. The molecule has 0 bridgehead atoms. The van der Waals surface area contributed by atoms with E-state index >= 15 is 0 Å². The van der Waals surface area contributed by atoms with Crippen LogP contribution in [0.2, 0.25) is 0 Å². The average Bonchev–Trinajstić information content (AvgIpc) is 2.24. The van der Waals surface area contributed by atoms with Crippen molar-refractivity contribution in [3.63, 3.8) is 0 Å². The van der Waals surface area contributed by atoms with E-state index in [0.29, 0.717) is 32.7 Å². The van der Waals surface area contributed by atoms with Crippen LogP contribution in [-0.2, 0) is 9.53 Å². The van der Waals surface area contributed by atoms with E-state index in [1.54, 1.807) is 7.11 Å². The monoisotopic (exact) mass is 220 g/mol. The van der Waals surface area contributed by atoms with Crippen LogP contribution >= 0.6 is 0 Å². The van der Waals surface area contributed by atoms with E-state index in [1.807, 2.05) is 0 Å². The fraction of sp³-hybridized carbons (Fsp3) is 0.889. The van der Waals surface area contributed by atoms with Crippen molar-refractivity contribution in [1.82, 2.24) is 10.6 Å². The number of hydrogen-bond donors (Lipinski definition) is 4. The Balaban J connectivity index is 3.23. The molecule has 6 nitrogen and oxygen atoms in total. The summed E-state index contributed by atoms with van der Waals surface area (Å²) in [6, 6.07) is 0. The number of ether oxygens (including phenoxy) is 1. The van der Waals surface area contributed by atoms with Gasteiger partial charge in [-0.05, 0) is 0 Å². The zero-order chi connectivity index (χ0) is 11.5. The smallest absolute Gasteiger partial charge is 0.221 e. The first-order valence-corrected chi connectivity index (χ1v) is 4.96. The SMILES string of the molecule is COCCNC(=O)CCNC[C@H](O)CO. The van der Waals surface area contributed by atoms with Gasteiger partial charge in [-0.3, -0.25) is 4.79 Å². The fourth-order valence-corrected chi connectivity index (χ4v) is 0.916. The molecule has 0 aliphatic heterocycles. The van der Waals surface area contributed by atoms with E-state index in [1.165, 1.54) is 0 Å². The highest BCUT2D eigenvalue weighted by Gasteiger charge is 2.02. The summed E-state index contributed by atoms with van der Waals surface area (Å²) in [5, 5.41) is 23.0. The predicted molar refractivity (Wildman–Crippen MR) is 55.5 cm³/mol. The molecule has 0 saturated carbocycles. The van der Waals surface area contributed by atoms with Crippen molar-refractivity contribution < 1.29 is 19.7 Å². The lowest BCUT2D eigenvalue weighted by molar-refractivity contribution is -0.121. The highest BCUT2D eigenvalue weighted by Crippen LogP contribution is 1.80. The Morgan fingerprint density at radius 1 is 1.47 bits per heavy atom. The zero-order valence-electron chi connectivity index (χ0n) is 9.03. The molecule has 0 aliphatic carbocycles. The van der Waals surface area contributed by atoms with Gasteiger partial charge in [0, 0.05) is 33.2 Å². The van der Waals surface area contributed by atoms with Crippen LogP contribution in [0, 0.1) is 0 Å². The normalized spacial score (nSPS) is 12.5. The maximum absolute atomic E-state index is 11.1. The Kier molecular flexibility index (Phi) is 9.40. The van der Waals surface area contributed by atoms with Crippen molar-refractivity contribution in [2.45, 2.75) is 12.5 Å². The largest absolute Gasteiger partial charge is 0.394 e. The van der Waals surface area contributed by atoms with Gasteiger partial charge in [0.2, 0.25) is 5.91 Å². The summed E-state index contributed by atoms with van der Waals surface area (Å²) in [4.78, 5) is 11.1. The molecular formula is C9H20N2O4. The van der Waals surface area contributed by atoms with E-state index in [-0.39, 0.29) is 12.5 Å². The van der Waals surface area contributed by atoms with Crippen molar-refractivity contribution in [1.29, 1.82) is 0 Å². The average molecular weight is 220 g/mol. The summed E-state index contributed by atoms with van der Waals surface area (Å²) in [5.41, 5.74) is 0. The molecule has 0 radical (unpaired) electrons. The van der Waals surface area contributed by atoms with E-state index < -0.39 is 6.10 Å². The second kappa shape index (κ2) is 9.85. The van der Waals surface area contributed by atoms with Gasteiger partial charge >= 0.3 is 0 Å². The zero-order valence-corrected chi connectivity index (χ0v) is 9.03. The third-order valence-electron chi connectivity index (χ3n) is 1.75. The van der Waals surface area contributed by atoms with Gasteiger partial charge in [0.05, 0.1) is 19.3 Å². The number of hydrogen-bond acceptors (Lipinski definition) is 5. The molecular weight excluding hydrogens is 200 g/mol. The molecule has 0 fully saturated rings. The van der Waals surface area contributed by atoms with Crippen LogP contribution in [0.25, 0.3) is 0 Å². The minimum absolute atomic E-state index is 0.0574. The molecule has 0 aromatic rings. The molecule has 0 heterocycles. The molecule has 0 spiro atoms. The Bertz CT molecular complexity index is 166. The van der Waals surface area contributed by atoms with Crippen LogP contribution in [0.3, 0.4) is 0 Å². The van der Waals surface area contributed by atoms with Crippen LogP contribution in [-0.4, -0.2) is 62.2 Å². The number of aliphatic hydroxyl groups excluding tert-OH is 2. The number of aliphatic hydroxyl groups is 2. The van der Waals surface area contributed by atoms with Gasteiger partial charge in [0.15, 0.2) is 0 Å². The van der Waals surface area contributed by atoms with Crippen molar-refractivity contribution in [2.75, 3.05) is 40.0 Å². The third-order valence-corrected chi connectivity index (χ3v) is 1.75. The van der Waals surface area contributed by atoms with Gasteiger partial charge < -0.3 is 25.6 Å². The number of nitrogens with one attached hydrogen (secondary N) is 2. The van der Waals surface area contributed by atoms with E-state index in [0.717, 1.165) is 0 Å². The lowest BCUT2D eigenvalue weighted by atomic mass is 10.3. The van der Waals surface area contributed by atoms with Crippen molar-refractivity contribution in [3.8, 4) is 0 Å². The van der Waals surface area contributed by atoms with Gasteiger partial charge in [-0.1, -0.05) is 0 Å². The minimum Gasteiger partial charge on any atom is -0.394 e. The summed E-state index contributed by atoms with van der Waals surface area (Å²) < 4.78 is 4.77. The molecule has 1 amide bonds. The Hall–Kier alpha value is -0.690. The Morgan fingerprint density at radius 3 is 2.80 bits per heavy atom. The molecule has 0 unspecified atom stereocenters. The molecule has 6 heteroatoms. The topological polar surface area (TPSA) is 90.8 Å². The first-order valence-electron chi connectivity index (χ1n) is 4.96. The Morgan fingerprint density at radius 2 is 2.20 bits per heavy atom. The third kappa shape index (κ3) is 9.61. The van der Waals surface area contributed by atoms with Crippen LogP contribution in [0.1, 0.15) is 6.42 Å². The molecule has 0 saturated heterocycles. The predicted octanol–water partition coefficient (Wildman–Crippen LogP) is -1.92. The first-order chi connectivity index (χ1) is 7.20. The Labute approximate surface area is 89.6 Å². The highest BCUT2D eigenvalue weighted by molar-refractivity contribution is 5.75. The van der Waals surface area contributed by atoms with Crippen LogP contribution in [0.4, 0.5) is 0 Å². The van der Waals surface area contributed by atoms with Crippen molar-refractivity contribution >= 4 is 5.91 Å². The van der Waals surface area contributed by atoms with Crippen molar-refractivity contribution in [3.05, 3.63) is 0 Å². The molecule has 1 atom stereocenters. The number of rotatable bonds is 9. The van der Waals surface area contributed by atoms with E-state index in [9.17, 15) is 4.79 Å². The van der Waals surface area contributed by atoms with E-state index in [2.05, 4.69) is 10.6 Å². The minimum atomic E-state index is -0.762. The quantitative estimate of drug-likeness (QED) is 0.340. The summed E-state index contributed by atoms with van der Waals surface area (Å²) in [6.45, 7) is 1.52. The molecule has 0 aromatic carbocycles. The second-order valence-electron chi connectivity index (χ2n) is 3.13. The second-order valence-corrected chi connectivity index (χ2v) is 3.13. The number of amides is 1. The van der Waals surface area contributed by atoms with Gasteiger partial charge in [-0.25, -0.2) is 0 Å². The van der Waals surface area contributed by atoms with E-state index in [4.69, 9.17) is 14.9 Å². The van der Waals surface area contributed by atoms with Crippen molar-refractivity contribution in [2.24, 2.45) is 0 Å². The molecule has 0 rings (SSSR count). The van der Waals surface area contributed by atoms with Gasteiger partial charge in [-0.2, -0.15) is 0 Å². The summed E-state index contributed by atoms with van der Waals surface area (Å²) in [7, 11) is 1.57. The summed E-state index contributed by atoms with van der Waals surface area (Å²) >= 11 is 0. The lowest BCUT2D eigenvalue weighted by Gasteiger charge is -2.08. The number of carbonyl (C=O) groups excluding carboxylic acids is 1. The molecule has 0 aliphatic rings. The van der Waals surface area contributed by atoms with Gasteiger partial charge in [-0.15, -0.1) is 0 Å². The fourth-order valence-electron chi connectivity index (χ4n) is 0.916.